The van der Waals surface area contributed by atoms with Crippen LogP contribution in [-0.4, -0.2) is 65.6 Å². The van der Waals surface area contributed by atoms with Gasteiger partial charge in [-0.2, -0.15) is 5.10 Å². The van der Waals surface area contributed by atoms with Gasteiger partial charge in [0.1, 0.15) is 35.8 Å². The van der Waals surface area contributed by atoms with Gasteiger partial charge in [0.25, 0.3) is 0 Å². The molecule has 3 heterocycles. The molecule has 1 aliphatic rings. The highest BCUT2D eigenvalue weighted by molar-refractivity contribution is 7.98. The van der Waals surface area contributed by atoms with Crippen molar-refractivity contribution in [3.8, 4) is 0 Å². The Balaban J connectivity index is 1.87. The second-order valence-electron chi connectivity index (χ2n) is 8.23. The summed E-state index contributed by atoms with van der Waals surface area (Å²) in [6, 6.07) is 4.14. The summed E-state index contributed by atoms with van der Waals surface area (Å²) in [6.45, 7) is 9.15. The summed E-state index contributed by atoms with van der Waals surface area (Å²) >= 11 is 1.61. The van der Waals surface area contributed by atoms with Crippen molar-refractivity contribution < 1.29 is 18.9 Å². The van der Waals surface area contributed by atoms with Gasteiger partial charge in [-0.3, -0.25) is 0 Å². The minimum atomic E-state index is -0.273. The first kappa shape index (κ1) is 25.4. The molecule has 2 aromatic heterocycles. The summed E-state index contributed by atoms with van der Waals surface area (Å²) in [7, 11) is 0. The van der Waals surface area contributed by atoms with Gasteiger partial charge in [0.05, 0.1) is 17.8 Å². The predicted octanol–water partition coefficient (Wildman–Crippen LogP) is 5.08. The van der Waals surface area contributed by atoms with Crippen LogP contribution < -0.4 is 0 Å². The predicted molar refractivity (Wildman–Crippen MR) is 127 cm³/mol. The Kier molecular flexibility index (Phi) is 10.7. The number of unbranched alkanes of at least 4 members (excludes halogenated alkanes) is 3. The van der Waals surface area contributed by atoms with E-state index in [1.807, 2.05) is 10.8 Å². The van der Waals surface area contributed by atoms with Crippen molar-refractivity contribution in [2.75, 3.05) is 32.7 Å². The minimum absolute atomic E-state index is 0.169. The van der Waals surface area contributed by atoms with E-state index in [4.69, 9.17) is 18.9 Å². The van der Waals surface area contributed by atoms with Gasteiger partial charge < -0.3 is 18.9 Å². The molecule has 4 atom stereocenters. The van der Waals surface area contributed by atoms with Gasteiger partial charge >= 0.3 is 0 Å². The Bertz CT molecular complexity index is 803. The first-order valence-corrected chi connectivity index (χ1v) is 13.3. The van der Waals surface area contributed by atoms with E-state index < -0.39 is 0 Å². The Morgan fingerprint density at radius 1 is 0.969 bits per heavy atom. The molecule has 0 N–H and O–H groups in total. The first-order chi connectivity index (χ1) is 15.7. The smallest absolute Gasteiger partial charge is 0.137 e. The second-order valence-corrected chi connectivity index (χ2v) is 9.02. The van der Waals surface area contributed by atoms with Crippen LogP contribution in [-0.2, 0) is 18.9 Å². The molecule has 1 saturated heterocycles. The summed E-state index contributed by atoms with van der Waals surface area (Å²) in [5.41, 5.74) is 1.95. The first-order valence-electron chi connectivity index (χ1n) is 12.1. The number of hydrogen-bond acceptors (Lipinski definition) is 7. The quantitative estimate of drug-likeness (QED) is 0.268. The van der Waals surface area contributed by atoms with Crippen LogP contribution in [0.3, 0.4) is 0 Å². The molecule has 1 aliphatic heterocycles. The zero-order valence-electron chi connectivity index (χ0n) is 20.0. The lowest BCUT2D eigenvalue weighted by Gasteiger charge is -2.25. The molecule has 3 rings (SSSR count). The Morgan fingerprint density at radius 2 is 1.66 bits per heavy atom. The SMILES string of the molecule is CCCCOC[C@H]1OC(c2ccc3c(SC)ncnn23)[C@H](OCCCC)[C@@H]1OCCCC. The fraction of sp³-hybridized carbons (Fsp3) is 0.750. The van der Waals surface area contributed by atoms with Crippen LogP contribution in [0, 0.1) is 0 Å². The van der Waals surface area contributed by atoms with Crippen LogP contribution in [0.4, 0.5) is 0 Å². The molecule has 0 spiro atoms. The molecule has 1 unspecified atom stereocenters. The number of rotatable bonds is 15. The molecule has 2 aromatic rings. The highest BCUT2D eigenvalue weighted by atomic mass is 32.2. The van der Waals surface area contributed by atoms with E-state index in [0.717, 1.165) is 61.4 Å². The lowest BCUT2D eigenvalue weighted by Crippen LogP contribution is -2.38. The van der Waals surface area contributed by atoms with E-state index in [2.05, 4.69) is 43.0 Å². The molecule has 32 heavy (non-hydrogen) atoms. The van der Waals surface area contributed by atoms with Crippen molar-refractivity contribution in [3.63, 3.8) is 0 Å². The highest BCUT2D eigenvalue weighted by Crippen LogP contribution is 2.38. The van der Waals surface area contributed by atoms with Crippen molar-refractivity contribution >= 4 is 17.3 Å². The minimum Gasteiger partial charge on any atom is -0.379 e. The van der Waals surface area contributed by atoms with Crippen molar-refractivity contribution in [1.29, 1.82) is 0 Å². The van der Waals surface area contributed by atoms with Crippen molar-refractivity contribution in [1.82, 2.24) is 14.6 Å². The van der Waals surface area contributed by atoms with Crippen LogP contribution in [0.1, 0.15) is 71.1 Å². The van der Waals surface area contributed by atoms with Crippen molar-refractivity contribution in [3.05, 3.63) is 24.2 Å². The van der Waals surface area contributed by atoms with Crippen LogP contribution in [0.25, 0.3) is 5.52 Å². The maximum Gasteiger partial charge on any atom is 0.137 e. The average molecular weight is 466 g/mol. The van der Waals surface area contributed by atoms with Gasteiger partial charge in [-0.05, 0) is 37.7 Å². The zero-order valence-corrected chi connectivity index (χ0v) is 20.8. The second kappa shape index (κ2) is 13.5. The van der Waals surface area contributed by atoms with E-state index in [1.165, 1.54) is 0 Å². The van der Waals surface area contributed by atoms with Crippen LogP contribution in [0.15, 0.2) is 23.5 Å². The summed E-state index contributed by atoms with van der Waals surface area (Å²) in [5, 5.41) is 5.47. The third-order valence-corrected chi connectivity index (χ3v) is 6.48. The summed E-state index contributed by atoms with van der Waals surface area (Å²) in [4.78, 5) is 4.40. The van der Waals surface area contributed by atoms with Crippen LogP contribution in [0.2, 0.25) is 0 Å². The van der Waals surface area contributed by atoms with Crippen LogP contribution >= 0.6 is 11.8 Å². The number of nitrogens with zero attached hydrogens (tertiary/aromatic N) is 3. The Morgan fingerprint density at radius 3 is 2.34 bits per heavy atom. The monoisotopic (exact) mass is 465 g/mol. The molecular weight excluding hydrogens is 426 g/mol. The Labute approximate surface area is 196 Å². The number of thioether (sulfide) groups is 1. The third kappa shape index (κ3) is 6.23. The average Bonchev–Trinajstić information content (AvgIpc) is 3.38. The molecule has 0 radical (unpaired) electrons. The molecule has 180 valence electrons. The van der Waals surface area contributed by atoms with Gasteiger partial charge in [0.15, 0.2) is 0 Å². The maximum absolute atomic E-state index is 6.59. The van der Waals surface area contributed by atoms with E-state index in [-0.39, 0.29) is 24.4 Å². The molecule has 0 amide bonds. The van der Waals surface area contributed by atoms with Crippen LogP contribution in [0.5, 0.6) is 0 Å². The molecule has 8 heteroatoms. The molecular formula is C24H39N3O4S. The molecule has 0 bridgehead atoms. The van der Waals surface area contributed by atoms with Crippen molar-refractivity contribution in [2.45, 2.75) is 88.7 Å². The van der Waals surface area contributed by atoms with E-state index in [1.54, 1.807) is 18.1 Å². The Hall–Kier alpha value is -1.19. The standard InChI is InChI=1S/C24H39N3O4S/c1-5-8-13-28-16-20-22(29-14-9-6-2)23(30-15-10-7-3)21(31-20)18-11-12-19-24(32-4)25-17-26-27(18)19/h11-12,17,20-23H,5-10,13-16H2,1-4H3/t20-,21?,22-,23+/m1/s1. The number of hydrogen-bond donors (Lipinski definition) is 0. The summed E-state index contributed by atoms with van der Waals surface area (Å²) in [6.07, 6.45) is 9.17. The lowest BCUT2D eigenvalue weighted by atomic mass is 10.0. The lowest BCUT2D eigenvalue weighted by molar-refractivity contribution is -0.0795. The number of aromatic nitrogens is 3. The van der Waals surface area contributed by atoms with Gasteiger partial charge in [-0.1, -0.05) is 40.0 Å². The summed E-state index contributed by atoms with van der Waals surface area (Å²) < 4.78 is 27.3. The van der Waals surface area contributed by atoms with Crippen molar-refractivity contribution in [2.24, 2.45) is 0 Å². The van der Waals surface area contributed by atoms with E-state index in [9.17, 15) is 0 Å². The molecule has 0 saturated carbocycles. The maximum atomic E-state index is 6.59. The zero-order chi connectivity index (χ0) is 22.8. The molecule has 0 aromatic carbocycles. The molecule has 0 aliphatic carbocycles. The topological polar surface area (TPSA) is 67.1 Å². The highest BCUT2D eigenvalue weighted by Gasteiger charge is 2.48. The van der Waals surface area contributed by atoms with E-state index >= 15 is 0 Å². The largest absolute Gasteiger partial charge is 0.379 e. The fourth-order valence-corrected chi connectivity index (χ4v) is 4.48. The van der Waals surface area contributed by atoms with Gasteiger partial charge in [0.2, 0.25) is 0 Å². The molecule has 1 fully saturated rings. The third-order valence-electron chi connectivity index (χ3n) is 5.78. The summed E-state index contributed by atoms with van der Waals surface area (Å²) in [5.74, 6) is 0. The number of fused-ring (bicyclic) bond motifs is 1. The van der Waals surface area contributed by atoms with Gasteiger partial charge in [-0.25, -0.2) is 9.50 Å². The molecule has 7 nitrogen and oxygen atoms in total. The van der Waals surface area contributed by atoms with Gasteiger partial charge in [-0.15, -0.1) is 11.8 Å². The normalized spacial score (nSPS) is 23.4. The van der Waals surface area contributed by atoms with E-state index in [0.29, 0.717) is 19.8 Å². The number of ether oxygens (including phenoxy) is 4. The fourth-order valence-electron chi connectivity index (χ4n) is 3.96. The van der Waals surface area contributed by atoms with Gasteiger partial charge in [0, 0.05) is 19.8 Å².